The third-order valence-electron chi connectivity index (χ3n) is 6.48. The molecule has 0 saturated carbocycles. The molecule has 4 aromatic carbocycles. The molecule has 0 aliphatic heterocycles. The largest absolute Gasteiger partial charge is 0.292 e. The van der Waals surface area contributed by atoms with Crippen molar-refractivity contribution in [1.82, 2.24) is 9.55 Å². The lowest BCUT2D eigenvalue weighted by molar-refractivity contribution is 1.07. The number of aryl methyl sites for hydroxylation is 2. The Morgan fingerprint density at radius 3 is 2.21 bits per heavy atom. The lowest BCUT2D eigenvalue weighted by Gasteiger charge is -2.15. The second-order valence-electron chi connectivity index (χ2n) is 8.54. The molecule has 3 heterocycles. The number of hydrogen-bond donors (Lipinski definition) is 0. The number of benzene rings is 4. The van der Waals surface area contributed by atoms with Gasteiger partial charge >= 0.3 is 0 Å². The summed E-state index contributed by atoms with van der Waals surface area (Å²) in [6.45, 7) is 4.38. The summed E-state index contributed by atoms with van der Waals surface area (Å²) in [7, 11) is 0. The van der Waals surface area contributed by atoms with E-state index >= 15 is 0 Å². The third-order valence-corrected chi connectivity index (χ3v) is 9.08. The fraction of sp³-hybridized carbons (Fsp3) is 0.0690. The van der Waals surface area contributed by atoms with Gasteiger partial charge in [0.15, 0.2) is 0 Å². The Hall–Kier alpha value is -3.47. The minimum absolute atomic E-state index is 1.01. The zero-order valence-corrected chi connectivity index (χ0v) is 19.9. The molecule has 0 spiro atoms. The predicted molar refractivity (Wildman–Crippen MR) is 144 cm³/mol. The molecule has 0 atom stereocenters. The van der Waals surface area contributed by atoms with E-state index in [0.717, 1.165) is 16.9 Å². The molecule has 2 nitrogen and oxygen atoms in total. The second kappa shape index (κ2) is 7.01. The van der Waals surface area contributed by atoms with Gasteiger partial charge in [-0.2, -0.15) is 0 Å². The van der Waals surface area contributed by atoms with Crippen LogP contribution in [0.2, 0.25) is 0 Å². The van der Waals surface area contributed by atoms with Crippen LogP contribution in [0.1, 0.15) is 11.1 Å². The smallest absolute Gasteiger partial charge is 0.147 e. The Morgan fingerprint density at radius 2 is 1.33 bits per heavy atom. The number of thiophene rings is 2. The Morgan fingerprint density at radius 1 is 0.636 bits per heavy atom. The van der Waals surface area contributed by atoms with E-state index in [1.165, 1.54) is 51.9 Å². The molecule has 3 aromatic heterocycles. The van der Waals surface area contributed by atoms with Crippen LogP contribution in [0.3, 0.4) is 0 Å². The zero-order valence-electron chi connectivity index (χ0n) is 18.3. The molecular weight excluding hydrogens is 440 g/mol. The molecule has 0 aliphatic rings. The van der Waals surface area contributed by atoms with Crippen LogP contribution in [0.5, 0.6) is 0 Å². The van der Waals surface area contributed by atoms with E-state index in [1.54, 1.807) is 0 Å². The summed E-state index contributed by atoms with van der Waals surface area (Å²) >= 11 is 3.79. The van der Waals surface area contributed by atoms with E-state index in [2.05, 4.69) is 103 Å². The van der Waals surface area contributed by atoms with Gasteiger partial charge in [0.25, 0.3) is 0 Å². The molecule has 0 radical (unpaired) electrons. The third kappa shape index (κ3) is 2.68. The van der Waals surface area contributed by atoms with E-state index in [9.17, 15) is 0 Å². The van der Waals surface area contributed by atoms with Crippen LogP contribution in [0.25, 0.3) is 57.7 Å². The minimum Gasteiger partial charge on any atom is -0.292 e. The molecule has 158 valence electrons. The first-order chi connectivity index (χ1) is 16.2. The minimum atomic E-state index is 1.01. The van der Waals surface area contributed by atoms with Gasteiger partial charge in [-0.25, -0.2) is 4.98 Å². The van der Waals surface area contributed by atoms with Crippen LogP contribution in [0.15, 0.2) is 84.9 Å². The van der Waals surface area contributed by atoms with Gasteiger partial charge in [-0.3, -0.25) is 4.57 Å². The van der Waals surface area contributed by atoms with Gasteiger partial charge in [-0.15, -0.1) is 22.7 Å². The van der Waals surface area contributed by atoms with E-state index in [-0.39, 0.29) is 0 Å². The first kappa shape index (κ1) is 19.0. The number of imidazole rings is 1. The van der Waals surface area contributed by atoms with Crippen molar-refractivity contribution in [3.05, 3.63) is 96.1 Å². The summed E-state index contributed by atoms with van der Waals surface area (Å²) in [5.41, 5.74) is 7.10. The highest BCUT2D eigenvalue weighted by Gasteiger charge is 2.21. The van der Waals surface area contributed by atoms with Crippen molar-refractivity contribution < 1.29 is 0 Å². The normalized spacial score (nSPS) is 11.9. The molecule has 0 saturated heterocycles. The average molecular weight is 461 g/mol. The van der Waals surface area contributed by atoms with Gasteiger partial charge in [0.2, 0.25) is 0 Å². The standard InChI is InChI=1S/C29H20N2S2/c1-17-9-7-10-18(2)25(17)31-23-15-5-4-14-22(23)30-29(31)21-13-8-12-20-26(21)33-27-19-11-3-6-16-24(19)32-28(20)27/h3-16H,1-2H3. The maximum Gasteiger partial charge on any atom is 0.147 e. The van der Waals surface area contributed by atoms with Crippen LogP contribution in [0.4, 0.5) is 0 Å². The summed E-state index contributed by atoms with van der Waals surface area (Å²) in [5.74, 6) is 1.01. The van der Waals surface area contributed by atoms with Gasteiger partial charge in [-0.1, -0.05) is 60.7 Å². The van der Waals surface area contributed by atoms with Crippen molar-refractivity contribution in [2.45, 2.75) is 13.8 Å². The highest BCUT2D eigenvalue weighted by Crippen LogP contribution is 2.47. The van der Waals surface area contributed by atoms with E-state index < -0.39 is 0 Å². The van der Waals surface area contributed by atoms with Crippen LogP contribution in [-0.4, -0.2) is 9.55 Å². The Bertz CT molecular complexity index is 1830. The molecule has 0 N–H and O–H groups in total. The monoisotopic (exact) mass is 460 g/mol. The highest BCUT2D eigenvalue weighted by atomic mass is 32.1. The van der Waals surface area contributed by atoms with Crippen molar-refractivity contribution in [2.75, 3.05) is 0 Å². The molecule has 0 bridgehead atoms. The number of fused-ring (bicyclic) bond motifs is 6. The maximum absolute atomic E-state index is 5.18. The lowest BCUT2D eigenvalue weighted by atomic mass is 10.1. The number of hydrogen-bond acceptors (Lipinski definition) is 3. The van der Waals surface area contributed by atoms with Gasteiger partial charge in [-0.05, 0) is 49.2 Å². The average Bonchev–Trinajstić information content (AvgIpc) is 3.49. The van der Waals surface area contributed by atoms with Gasteiger partial charge in [0, 0.05) is 25.7 Å². The summed E-state index contributed by atoms with van der Waals surface area (Å²) in [6.07, 6.45) is 0. The summed E-state index contributed by atoms with van der Waals surface area (Å²) in [5, 5.41) is 2.68. The van der Waals surface area contributed by atoms with Crippen LogP contribution >= 0.6 is 22.7 Å². The van der Waals surface area contributed by atoms with Crippen LogP contribution in [0, 0.1) is 13.8 Å². The summed E-state index contributed by atoms with van der Waals surface area (Å²) < 4.78 is 7.79. The van der Waals surface area contributed by atoms with Gasteiger partial charge in [0.1, 0.15) is 5.82 Å². The van der Waals surface area contributed by atoms with Crippen molar-refractivity contribution >= 4 is 63.3 Å². The molecular formula is C29H20N2S2. The highest BCUT2D eigenvalue weighted by molar-refractivity contribution is 7.36. The zero-order chi connectivity index (χ0) is 22.1. The number of rotatable bonds is 2. The van der Waals surface area contributed by atoms with Crippen molar-refractivity contribution in [1.29, 1.82) is 0 Å². The fourth-order valence-electron chi connectivity index (χ4n) is 5.00. The van der Waals surface area contributed by atoms with Crippen molar-refractivity contribution in [3.63, 3.8) is 0 Å². The lowest BCUT2D eigenvalue weighted by Crippen LogP contribution is -2.02. The second-order valence-corrected chi connectivity index (χ2v) is 10.6. The van der Waals surface area contributed by atoms with Crippen molar-refractivity contribution in [2.24, 2.45) is 0 Å². The molecule has 7 rings (SSSR count). The Labute approximate surface area is 199 Å². The van der Waals surface area contributed by atoms with E-state index in [1.807, 2.05) is 22.7 Å². The first-order valence-corrected chi connectivity index (χ1v) is 12.7. The molecule has 0 aliphatic carbocycles. The number of para-hydroxylation sites is 3. The number of aromatic nitrogens is 2. The first-order valence-electron chi connectivity index (χ1n) is 11.1. The van der Waals surface area contributed by atoms with Crippen molar-refractivity contribution in [3.8, 4) is 17.1 Å². The summed E-state index contributed by atoms with van der Waals surface area (Å²) in [4.78, 5) is 5.18. The van der Waals surface area contributed by atoms with Gasteiger partial charge in [0.05, 0.1) is 26.1 Å². The molecule has 0 amide bonds. The van der Waals surface area contributed by atoms with Crippen LogP contribution in [-0.2, 0) is 0 Å². The van der Waals surface area contributed by atoms with E-state index in [0.29, 0.717) is 0 Å². The predicted octanol–water partition coefficient (Wildman–Crippen LogP) is 8.89. The molecule has 33 heavy (non-hydrogen) atoms. The quantitative estimate of drug-likeness (QED) is 0.252. The molecule has 0 fully saturated rings. The fourth-order valence-corrected chi connectivity index (χ4v) is 7.75. The Kier molecular flexibility index (Phi) is 4.05. The Balaban J connectivity index is 1.61. The molecule has 0 unspecified atom stereocenters. The topological polar surface area (TPSA) is 17.8 Å². The van der Waals surface area contributed by atoms with E-state index in [4.69, 9.17) is 4.98 Å². The molecule has 7 aromatic rings. The van der Waals surface area contributed by atoms with Gasteiger partial charge < -0.3 is 0 Å². The SMILES string of the molecule is Cc1cccc(C)c1-n1c(-c2cccc3c2sc2c4ccccc4sc32)nc2ccccc21. The molecule has 4 heteroatoms. The number of nitrogens with zero attached hydrogens (tertiary/aromatic N) is 2. The van der Waals surface area contributed by atoms with Crippen LogP contribution < -0.4 is 0 Å². The maximum atomic E-state index is 5.18. The summed E-state index contributed by atoms with van der Waals surface area (Å²) in [6, 6.07) is 30.4.